The molecule has 1 unspecified atom stereocenters. The van der Waals surface area contributed by atoms with Crippen molar-refractivity contribution in [2.45, 2.75) is 0 Å². The molecule has 0 aromatic carbocycles. The van der Waals surface area contributed by atoms with Gasteiger partial charge in [-0.15, -0.1) is 0 Å². The maximum atomic E-state index is 0. The summed E-state index contributed by atoms with van der Waals surface area (Å²) in [6, 6.07) is 0. The zero-order chi connectivity index (χ0) is 0. The van der Waals surface area contributed by atoms with Crippen LogP contribution >= 0.6 is 9.90 Å². The number of rotatable bonds is 0. The van der Waals surface area contributed by atoms with E-state index < -0.39 is 0 Å². The Morgan fingerprint density at radius 3 is 0.385 bits per heavy atom. The average molecular weight is 270 g/mol. The van der Waals surface area contributed by atoms with Crippen LogP contribution in [0.15, 0.2) is 0 Å². The Morgan fingerprint density at radius 1 is 0.385 bits per heavy atom. The van der Waals surface area contributed by atoms with E-state index in [0.29, 0.717) is 0 Å². The van der Waals surface area contributed by atoms with E-state index in [1.165, 1.54) is 0 Å². The molecule has 0 spiro atoms. The first-order chi connectivity index (χ1) is 0. The van der Waals surface area contributed by atoms with Crippen LogP contribution in [0, 0.1) is 0 Å². The molecule has 17 N–H and O–H groups in total. The molecule has 0 aromatic heterocycles. The molecule has 0 aliphatic carbocycles. The van der Waals surface area contributed by atoms with E-state index in [-0.39, 0.29) is 93.0 Å². The van der Waals surface area contributed by atoms with Gasteiger partial charge in [0.25, 0.3) is 0 Å². The van der Waals surface area contributed by atoms with E-state index in [4.69, 9.17) is 0 Å². The van der Waals surface area contributed by atoms with E-state index in [9.17, 15) is 0 Å². The summed E-state index contributed by atoms with van der Waals surface area (Å²) < 4.78 is 0. The zero-order valence-electron chi connectivity index (χ0n) is 6.13. The Kier molecular flexibility index (Phi) is 832000. The first-order valence-electron chi connectivity index (χ1n) is 0. The Balaban J connectivity index is 0. The molecule has 0 saturated carbocycles. The molecule has 13 heteroatoms. The summed E-state index contributed by atoms with van der Waals surface area (Å²) in [7, 11) is 0. The van der Waals surface area contributed by atoms with Crippen LogP contribution in [0.1, 0.15) is 0 Å². The Labute approximate surface area is 93.6 Å². The van der Waals surface area contributed by atoms with Crippen molar-refractivity contribution in [3.63, 3.8) is 0 Å². The minimum atomic E-state index is 0. The molecule has 0 rings (SSSR count). The van der Waals surface area contributed by atoms with Gasteiger partial charge in [0.2, 0.25) is 0 Å². The molecule has 0 aromatic rings. The standard InChI is InChI=1S/Al.10H2O.H3P.H4Si/h;10*1H2;1H3;1H4/q+3;;;;;;;;;;;;/p-3. The van der Waals surface area contributed by atoms with Gasteiger partial charge < -0.3 is 54.8 Å². The Morgan fingerprint density at radius 2 is 0.385 bits per heavy atom. The maximum Gasteiger partial charge on any atom is 3.00 e. The fraction of sp³-hybridized carbons (Fsp3) is 0. The van der Waals surface area contributed by atoms with Crippen molar-refractivity contribution in [1.82, 2.24) is 0 Å². The largest absolute Gasteiger partial charge is 3.00 e. The quantitative estimate of drug-likeness (QED) is 0.305. The van der Waals surface area contributed by atoms with Crippen molar-refractivity contribution in [3.8, 4) is 0 Å². The van der Waals surface area contributed by atoms with Crippen LogP contribution in [-0.4, -0.2) is 83.1 Å². The smallest absolute Gasteiger partial charge is 0.870 e. The van der Waals surface area contributed by atoms with Gasteiger partial charge in [-0.2, -0.15) is 9.90 Å². The minimum Gasteiger partial charge on any atom is -0.870 e. The fourth-order valence-electron chi connectivity index (χ4n) is 0. The van der Waals surface area contributed by atoms with Crippen LogP contribution < -0.4 is 0 Å². The van der Waals surface area contributed by atoms with Gasteiger partial charge in [-0.25, -0.2) is 0 Å². The van der Waals surface area contributed by atoms with Gasteiger partial charge in [-0.05, 0) is 11.0 Å². The molecular weight excluding hydrogens is 246 g/mol. The summed E-state index contributed by atoms with van der Waals surface area (Å²) in [6.07, 6.45) is 0. The van der Waals surface area contributed by atoms with E-state index in [0.717, 1.165) is 0 Å². The summed E-state index contributed by atoms with van der Waals surface area (Å²) in [5.41, 5.74) is 0. The third-order valence-corrected chi connectivity index (χ3v) is 0. The molecule has 0 heterocycles. The van der Waals surface area contributed by atoms with Gasteiger partial charge in [-0.1, -0.05) is 0 Å². The average Bonchev–Trinajstić information content (AvgIpc) is 0. The normalized spacial score (nSPS) is 0. The van der Waals surface area contributed by atoms with Crippen LogP contribution in [0.5, 0.6) is 0 Å². The van der Waals surface area contributed by atoms with Gasteiger partial charge in [-0.3, -0.25) is 0 Å². The number of hydrogen-bond acceptors (Lipinski definition) is 3. The van der Waals surface area contributed by atoms with Crippen molar-refractivity contribution in [2.75, 3.05) is 0 Å². The molecule has 13 heavy (non-hydrogen) atoms. The van der Waals surface area contributed by atoms with Crippen molar-refractivity contribution in [1.29, 1.82) is 0 Å². The molecule has 0 amide bonds. The molecule has 0 radical (unpaired) electrons. The molecule has 0 aliphatic heterocycles. The maximum absolute atomic E-state index is 0. The molecule has 0 bridgehead atoms. The second-order valence-corrected chi connectivity index (χ2v) is 0. The second-order valence-electron chi connectivity index (χ2n) is 0. The topological polar surface area (TPSA) is 310 Å². The third kappa shape index (κ3) is 2440. The summed E-state index contributed by atoms with van der Waals surface area (Å²) >= 11 is 0. The summed E-state index contributed by atoms with van der Waals surface area (Å²) in [5.74, 6) is 0. The fourth-order valence-corrected chi connectivity index (χ4v) is 0. The van der Waals surface area contributed by atoms with Crippen LogP contribution in [0.2, 0.25) is 0 Å². The first-order valence-corrected chi connectivity index (χ1v) is 0. The van der Waals surface area contributed by atoms with Crippen molar-refractivity contribution in [2.24, 2.45) is 0 Å². The molecular formula is H24AlO10PSi. The molecule has 1 atom stereocenters. The Hall–Kier alpha value is 0.779. The molecule has 0 aliphatic rings. The van der Waals surface area contributed by atoms with Crippen molar-refractivity contribution < 1.29 is 54.8 Å². The van der Waals surface area contributed by atoms with E-state index in [1.807, 2.05) is 0 Å². The molecule has 0 saturated heterocycles. The predicted octanol–water partition coefficient (Wildman–Crippen LogP) is -8.08. The predicted molar refractivity (Wildman–Crippen MR) is 59.3 cm³/mol. The van der Waals surface area contributed by atoms with Crippen LogP contribution in [0.25, 0.3) is 0 Å². The van der Waals surface area contributed by atoms with E-state index in [2.05, 4.69) is 0 Å². The summed E-state index contributed by atoms with van der Waals surface area (Å²) in [4.78, 5) is 0. The van der Waals surface area contributed by atoms with Gasteiger partial charge in [0.1, 0.15) is 0 Å². The van der Waals surface area contributed by atoms with Gasteiger partial charge in [0.05, 0.1) is 0 Å². The van der Waals surface area contributed by atoms with Gasteiger partial charge >= 0.3 is 17.4 Å². The van der Waals surface area contributed by atoms with Crippen LogP contribution in [-0.2, 0) is 0 Å². The van der Waals surface area contributed by atoms with Crippen LogP contribution in [0.4, 0.5) is 0 Å². The molecule has 96 valence electrons. The minimum absolute atomic E-state index is 0. The number of hydrogen-bond donors (Lipinski definition) is 0. The third-order valence-electron chi connectivity index (χ3n) is 0. The summed E-state index contributed by atoms with van der Waals surface area (Å²) in [6.45, 7) is 0. The Bertz CT molecular complexity index is 14.9. The molecule has 10 nitrogen and oxygen atoms in total. The van der Waals surface area contributed by atoms with Crippen molar-refractivity contribution >= 4 is 38.2 Å². The second kappa shape index (κ2) is 2920. The molecule has 0 fully saturated rings. The monoisotopic (exact) mass is 270 g/mol. The first kappa shape index (κ1) is 3700. The van der Waals surface area contributed by atoms with Crippen molar-refractivity contribution in [3.05, 3.63) is 0 Å². The van der Waals surface area contributed by atoms with E-state index in [1.54, 1.807) is 0 Å². The van der Waals surface area contributed by atoms with Gasteiger partial charge in [0, 0.05) is 0 Å². The SMILES string of the molecule is O.O.O.O.O.O.O.P.[Al+3].[OH-].[OH-].[OH-].[SiH4]. The summed E-state index contributed by atoms with van der Waals surface area (Å²) in [5, 5.41) is 0. The van der Waals surface area contributed by atoms with Crippen LogP contribution in [0.3, 0.4) is 0 Å². The van der Waals surface area contributed by atoms with Gasteiger partial charge in [0.15, 0.2) is 0 Å². The van der Waals surface area contributed by atoms with E-state index >= 15 is 0 Å². The zero-order valence-corrected chi connectivity index (χ0v) is 8.70.